The Bertz CT molecular complexity index is 789. The van der Waals surface area contributed by atoms with Gasteiger partial charge in [-0.25, -0.2) is 0 Å². The molecule has 2 N–H and O–H groups in total. The van der Waals surface area contributed by atoms with Crippen molar-refractivity contribution < 1.29 is 9.90 Å². The lowest BCUT2D eigenvalue weighted by atomic mass is 9.49. The van der Waals surface area contributed by atoms with Crippen LogP contribution in [0.1, 0.15) is 77.2 Å². The number of aliphatic hydroxyl groups is 1. The van der Waals surface area contributed by atoms with Gasteiger partial charge in [-0.05, 0) is 111 Å². The van der Waals surface area contributed by atoms with Crippen LogP contribution in [0.3, 0.4) is 0 Å². The van der Waals surface area contributed by atoms with E-state index in [-0.39, 0.29) is 5.91 Å². The Morgan fingerprint density at radius 3 is 2.55 bits per heavy atom. The largest absolute Gasteiger partial charge is 0.390 e. The predicted octanol–water partition coefficient (Wildman–Crippen LogP) is 5.37. The molecule has 5 rings (SSSR count). The maximum atomic E-state index is 12.5. The molecule has 0 aromatic heterocycles. The van der Waals surface area contributed by atoms with Gasteiger partial charge in [0.05, 0.1) is 12.0 Å². The van der Waals surface area contributed by atoms with Crippen LogP contribution in [0.25, 0.3) is 0 Å². The smallest absolute Gasteiger partial charge is 0.224 e. The predicted molar refractivity (Wildman–Crippen MR) is 124 cm³/mol. The van der Waals surface area contributed by atoms with Crippen LogP contribution in [0.5, 0.6) is 0 Å². The quantitative estimate of drug-likeness (QED) is 0.684. The molecule has 1 aromatic rings. The molecule has 170 valence electrons. The van der Waals surface area contributed by atoms with Crippen molar-refractivity contribution in [3.8, 4) is 0 Å². The summed E-state index contributed by atoms with van der Waals surface area (Å²) in [5.41, 5.74) is 1.07. The van der Waals surface area contributed by atoms with Gasteiger partial charge in [0.15, 0.2) is 0 Å². The Balaban J connectivity index is 1.21. The first-order chi connectivity index (χ1) is 14.9. The third-order valence-corrected chi connectivity index (χ3v) is 10.2. The van der Waals surface area contributed by atoms with Crippen molar-refractivity contribution in [3.05, 3.63) is 35.9 Å². The van der Waals surface area contributed by atoms with Crippen LogP contribution in [-0.4, -0.2) is 23.2 Å². The minimum absolute atomic E-state index is 0.168. The number of carbonyl (C=O) groups is 1. The SMILES string of the molecule is C[C@@]1(O)CC[C@H]2[C@H](CC[C@@H]3[C@@H]2CC[C@]2(C)[C@@H](CNC(=O)Cc4ccccc4)CC[C@@H]32)C1. The molecule has 0 aliphatic heterocycles. The normalized spacial score (nSPS) is 44.1. The first-order valence-electron chi connectivity index (χ1n) is 12.9. The average molecular weight is 424 g/mol. The highest BCUT2D eigenvalue weighted by atomic mass is 16.3. The zero-order chi connectivity index (χ0) is 21.6. The van der Waals surface area contributed by atoms with Crippen LogP contribution in [0.2, 0.25) is 0 Å². The summed E-state index contributed by atoms with van der Waals surface area (Å²) in [6.45, 7) is 5.46. The topological polar surface area (TPSA) is 49.3 Å². The standard InChI is InChI=1S/C28H41NO2/c1-27(31)14-12-22-20(17-27)8-10-24-23(22)13-15-28(2)21(9-11-25(24)28)18-29-26(30)16-19-6-4-3-5-7-19/h3-7,20-25,31H,8-18H2,1-2H3,(H,29,30)/t20-,21-,22+,23-,24-,25+,27-,28-/m1/s1. The summed E-state index contributed by atoms with van der Waals surface area (Å²) in [4.78, 5) is 12.5. The summed E-state index contributed by atoms with van der Waals surface area (Å²) in [5.74, 6) is 5.01. The molecule has 1 aromatic carbocycles. The van der Waals surface area contributed by atoms with Gasteiger partial charge in [-0.3, -0.25) is 4.79 Å². The summed E-state index contributed by atoms with van der Waals surface area (Å²) >= 11 is 0. The van der Waals surface area contributed by atoms with Crippen molar-refractivity contribution in [3.63, 3.8) is 0 Å². The number of hydrogen-bond acceptors (Lipinski definition) is 2. The molecule has 4 aliphatic carbocycles. The lowest BCUT2D eigenvalue weighted by Crippen LogP contribution is -2.51. The molecule has 31 heavy (non-hydrogen) atoms. The molecule has 0 saturated heterocycles. The maximum Gasteiger partial charge on any atom is 0.224 e. The second-order valence-electron chi connectivity index (χ2n) is 12.0. The van der Waals surface area contributed by atoms with Gasteiger partial charge in [0.2, 0.25) is 5.91 Å². The van der Waals surface area contributed by atoms with Gasteiger partial charge in [0, 0.05) is 6.54 Å². The van der Waals surface area contributed by atoms with Crippen LogP contribution in [0.4, 0.5) is 0 Å². The first-order valence-corrected chi connectivity index (χ1v) is 12.9. The minimum Gasteiger partial charge on any atom is -0.390 e. The zero-order valence-corrected chi connectivity index (χ0v) is 19.5. The van der Waals surface area contributed by atoms with Crippen molar-refractivity contribution in [1.82, 2.24) is 5.32 Å². The van der Waals surface area contributed by atoms with Crippen molar-refractivity contribution in [2.45, 2.75) is 83.7 Å². The molecule has 0 heterocycles. The lowest BCUT2D eigenvalue weighted by molar-refractivity contribution is -0.121. The zero-order valence-electron chi connectivity index (χ0n) is 19.5. The van der Waals surface area contributed by atoms with Crippen LogP contribution >= 0.6 is 0 Å². The number of nitrogens with one attached hydrogen (secondary N) is 1. The highest BCUT2D eigenvalue weighted by molar-refractivity contribution is 5.78. The molecule has 0 radical (unpaired) electrons. The van der Waals surface area contributed by atoms with Crippen molar-refractivity contribution in [2.24, 2.45) is 40.9 Å². The van der Waals surface area contributed by atoms with E-state index in [1.165, 1.54) is 44.9 Å². The number of hydrogen-bond donors (Lipinski definition) is 2. The van der Waals surface area contributed by atoms with Gasteiger partial charge in [0.1, 0.15) is 0 Å². The van der Waals surface area contributed by atoms with Gasteiger partial charge in [-0.15, -0.1) is 0 Å². The molecule has 4 saturated carbocycles. The molecule has 4 fully saturated rings. The van der Waals surface area contributed by atoms with Crippen LogP contribution < -0.4 is 5.32 Å². The second kappa shape index (κ2) is 8.21. The number of carbonyl (C=O) groups excluding carboxylic acids is 1. The molecule has 3 nitrogen and oxygen atoms in total. The first kappa shape index (κ1) is 21.5. The highest BCUT2D eigenvalue weighted by Gasteiger charge is 2.57. The van der Waals surface area contributed by atoms with Crippen LogP contribution in [0, 0.1) is 40.9 Å². The van der Waals surface area contributed by atoms with Crippen LogP contribution in [0.15, 0.2) is 30.3 Å². The highest BCUT2D eigenvalue weighted by Crippen LogP contribution is 2.64. The molecule has 0 unspecified atom stereocenters. The van der Waals surface area contributed by atoms with E-state index in [9.17, 15) is 9.90 Å². The molecule has 1 amide bonds. The summed E-state index contributed by atoms with van der Waals surface area (Å²) in [5, 5.41) is 13.9. The van der Waals surface area contributed by atoms with Crippen molar-refractivity contribution in [2.75, 3.05) is 6.54 Å². The summed E-state index contributed by atoms with van der Waals surface area (Å²) < 4.78 is 0. The van der Waals surface area contributed by atoms with E-state index in [1.54, 1.807) is 0 Å². The minimum atomic E-state index is -0.423. The van der Waals surface area contributed by atoms with E-state index in [0.717, 1.165) is 54.5 Å². The summed E-state index contributed by atoms with van der Waals surface area (Å²) in [6, 6.07) is 10.1. The van der Waals surface area contributed by atoms with Gasteiger partial charge in [0.25, 0.3) is 0 Å². The Morgan fingerprint density at radius 2 is 1.74 bits per heavy atom. The Hall–Kier alpha value is -1.35. The molecule has 0 bridgehead atoms. The molecular weight excluding hydrogens is 382 g/mol. The van der Waals surface area contributed by atoms with Crippen molar-refractivity contribution in [1.29, 1.82) is 0 Å². The average Bonchev–Trinajstić information content (AvgIpc) is 3.08. The molecular formula is C28H41NO2. The summed E-state index contributed by atoms with van der Waals surface area (Å²) in [7, 11) is 0. The van der Waals surface area contributed by atoms with Gasteiger partial charge >= 0.3 is 0 Å². The number of amides is 1. The molecule has 4 aliphatic rings. The van der Waals surface area contributed by atoms with E-state index in [4.69, 9.17) is 0 Å². The van der Waals surface area contributed by atoms with E-state index < -0.39 is 5.60 Å². The fraction of sp³-hybridized carbons (Fsp3) is 0.750. The monoisotopic (exact) mass is 423 g/mol. The Labute approximate surface area is 188 Å². The molecule has 8 atom stereocenters. The van der Waals surface area contributed by atoms with Crippen LogP contribution in [-0.2, 0) is 11.2 Å². The number of rotatable bonds is 4. The third-order valence-electron chi connectivity index (χ3n) is 10.2. The Kier molecular flexibility index (Phi) is 5.69. The van der Waals surface area contributed by atoms with E-state index in [2.05, 4.69) is 19.2 Å². The summed E-state index contributed by atoms with van der Waals surface area (Å²) in [6.07, 6.45) is 11.8. The lowest BCUT2D eigenvalue weighted by Gasteiger charge is -2.57. The number of fused-ring (bicyclic) bond motifs is 5. The van der Waals surface area contributed by atoms with Gasteiger partial charge in [-0.1, -0.05) is 37.3 Å². The maximum absolute atomic E-state index is 12.5. The molecule has 3 heteroatoms. The fourth-order valence-electron chi connectivity index (χ4n) is 8.61. The fourth-order valence-corrected chi connectivity index (χ4v) is 8.61. The van der Waals surface area contributed by atoms with E-state index >= 15 is 0 Å². The van der Waals surface area contributed by atoms with Gasteiger partial charge < -0.3 is 10.4 Å². The van der Waals surface area contributed by atoms with E-state index in [0.29, 0.717) is 17.8 Å². The van der Waals surface area contributed by atoms with E-state index in [1.807, 2.05) is 30.3 Å². The number of benzene rings is 1. The van der Waals surface area contributed by atoms with Crippen molar-refractivity contribution >= 4 is 5.91 Å². The van der Waals surface area contributed by atoms with Gasteiger partial charge in [-0.2, -0.15) is 0 Å². The molecule has 0 spiro atoms. The third kappa shape index (κ3) is 4.08. The second-order valence-corrected chi connectivity index (χ2v) is 12.0. The Morgan fingerprint density at radius 1 is 0.968 bits per heavy atom.